The maximum atomic E-state index is 12.2. The molecule has 0 radical (unpaired) electrons. The molecule has 0 spiro atoms. The van der Waals surface area contributed by atoms with Crippen LogP contribution in [-0.2, 0) is 14.3 Å². The van der Waals surface area contributed by atoms with Crippen molar-refractivity contribution >= 4 is 11.8 Å². The average molecular weight is 261 g/mol. The number of hydrogen-bond acceptors (Lipinski definition) is 3. The number of hydrogen-bond donors (Lipinski definition) is 1. The lowest BCUT2D eigenvalue weighted by Crippen LogP contribution is -2.46. The molecule has 102 valence electrons. The van der Waals surface area contributed by atoms with E-state index in [-0.39, 0.29) is 29.6 Å². The van der Waals surface area contributed by atoms with Crippen molar-refractivity contribution < 1.29 is 14.3 Å². The number of carbonyl (C=O) groups excluding carboxylic acids is 2. The highest BCUT2D eigenvalue weighted by Gasteiger charge is 2.39. The molecule has 0 aromatic heterocycles. The summed E-state index contributed by atoms with van der Waals surface area (Å²) in [5.74, 6) is -0.515. The van der Waals surface area contributed by atoms with Crippen molar-refractivity contribution in [3.63, 3.8) is 0 Å². The minimum atomic E-state index is -0.274. The van der Waals surface area contributed by atoms with E-state index in [0.717, 1.165) is 5.56 Å². The fourth-order valence-electron chi connectivity index (χ4n) is 2.77. The van der Waals surface area contributed by atoms with Crippen LogP contribution in [0.15, 0.2) is 30.3 Å². The van der Waals surface area contributed by atoms with Crippen molar-refractivity contribution in [3.8, 4) is 0 Å². The molecule has 0 aliphatic carbocycles. The quantitative estimate of drug-likeness (QED) is 0.840. The van der Waals surface area contributed by atoms with Crippen LogP contribution < -0.4 is 5.32 Å². The summed E-state index contributed by atoms with van der Waals surface area (Å²) in [5, 5.41) is 2.44. The normalized spacial score (nSPS) is 24.9. The predicted molar refractivity (Wildman–Crippen MR) is 71.5 cm³/mol. The molecule has 3 unspecified atom stereocenters. The molecule has 1 saturated heterocycles. The van der Waals surface area contributed by atoms with Crippen LogP contribution in [0.3, 0.4) is 0 Å². The number of carbonyl (C=O) groups is 2. The maximum Gasteiger partial charge on any atom is 0.234 e. The van der Waals surface area contributed by atoms with Crippen LogP contribution in [0, 0.1) is 11.8 Å². The van der Waals surface area contributed by atoms with Crippen molar-refractivity contribution in [2.45, 2.75) is 19.3 Å². The van der Waals surface area contributed by atoms with Crippen molar-refractivity contribution in [3.05, 3.63) is 35.9 Å². The second-order valence-corrected chi connectivity index (χ2v) is 5.10. The SMILES string of the molecule is COCC(C)C1CC(=O)NC(=O)C1c1ccccc1. The van der Waals surface area contributed by atoms with Crippen molar-refractivity contribution in [2.75, 3.05) is 13.7 Å². The average Bonchev–Trinajstić information content (AvgIpc) is 2.39. The lowest BCUT2D eigenvalue weighted by Gasteiger charge is -2.34. The summed E-state index contributed by atoms with van der Waals surface area (Å²) in [5.41, 5.74) is 0.959. The summed E-state index contributed by atoms with van der Waals surface area (Å²) in [4.78, 5) is 23.7. The molecule has 3 atom stereocenters. The Balaban J connectivity index is 2.30. The number of amides is 2. The van der Waals surface area contributed by atoms with E-state index < -0.39 is 0 Å². The predicted octanol–water partition coefficient (Wildman–Crippen LogP) is 1.72. The van der Waals surface area contributed by atoms with Crippen molar-refractivity contribution in [1.29, 1.82) is 0 Å². The van der Waals surface area contributed by atoms with Crippen LogP contribution in [0.4, 0.5) is 0 Å². The molecular weight excluding hydrogens is 242 g/mol. The van der Waals surface area contributed by atoms with Gasteiger partial charge in [0.2, 0.25) is 11.8 Å². The largest absolute Gasteiger partial charge is 0.384 e. The Bertz CT molecular complexity index is 458. The second kappa shape index (κ2) is 5.97. The van der Waals surface area contributed by atoms with Gasteiger partial charge in [0.1, 0.15) is 0 Å². The van der Waals surface area contributed by atoms with Crippen LogP contribution in [0.1, 0.15) is 24.8 Å². The summed E-state index contributed by atoms with van der Waals surface area (Å²) in [6.07, 6.45) is 0.371. The van der Waals surface area contributed by atoms with E-state index in [0.29, 0.717) is 13.0 Å². The molecule has 2 amide bonds. The lowest BCUT2D eigenvalue weighted by molar-refractivity contribution is -0.137. The number of piperidine rings is 1. The van der Waals surface area contributed by atoms with Gasteiger partial charge >= 0.3 is 0 Å². The van der Waals surface area contributed by atoms with Gasteiger partial charge < -0.3 is 4.74 Å². The first kappa shape index (κ1) is 13.7. The Morgan fingerprint density at radius 3 is 2.63 bits per heavy atom. The van der Waals surface area contributed by atoms with Crippen molar-refractivity contribution in [1.82, 2.24) is 5.32 Å². The molecule has 1 fully saturated rings. The number of rotatable bonds is 4. The summed E-state index contributed by atoms with van der Waals surface area (Å²) in [6.45, 7) is 2.57. The van der Waals surface area contributed by atoms with Crippen molar-refractivity contribution in [2.24, 2.45) is 11.8 Å². The molecule has 1 aromatic carbocycles. The minimum absolute atomic E-state index is 0.0106. The standard InChI is InChI=1S/C15H19NO3/c1-10(9-19-2)12-8-13(17)16-15(18)14(12)11-6-4-3-5-7-11/h3-7,10,12,14H,8-9H2,1-2H3,(H,16,17,18). The zero-order valence-electron chi connectivity index (χ0n) is 11.3. The summed E-state index contributed by atoms with van der Waals surface area (Å²) in [7, 11) is 1.64. The van der Waals surface area contributed by atoms with E-state index in [2.05, 4.69) is 5.32 Å². The molecule has 0 saturated carbocycles. The van der Waals surface area contributed by atoms with Gasteiger partial charge in [0, 0.05) is 20.1 Å². The van der Waals surface area contributed by atoms with Gasteiger partial charge in [-0.25, -0.2) is 0 Å². The number of nitrogens with one attached hydrogen (secondary N) is 1. The minimum Gasteiger partial charge on any atom is -0.384 e. The van der Waals surface area contributed by atoms with Gasteiger partial charge in [-0.05, 0) is 17.4 Å². The van der Waals surface area contributed by atoms with Crippen LogP contribution >= 0.6 is 0 Å². The van der Waals surface area contributed by atoms with E-state index in [9.17, 15) is 9.59 Å². The first-order valence-corrected chi connectivity index (χ1v) is 6.51. The van der Waals surface area contributed by atoms with Crippen LogP contribution in [0.5, 0.6) is 0 Å². The molecule has 1 heterocycles. The Labute approximate surface area is 113 Å². The van der Waals surface area contributed by atoms with Gasteiger partial charge in [0.25, 0.3) is 0 Å². The fraction of sp³-hybridized carbons (Fsp3) is 0.467. The lowest BCUT2D eigenvalue weighted by atomic mass is 9.74. The van der Waals surface area contributed by atoms with Gasteiger partial charge in [0.15, 0.2) is 0 Å². The van der Waals surface area contributed by atoms with E-state index in [4.69, 9.17) is 4.74 Å². The van der Waals surface area contributed by atoms with Gasteiger partial charge in [-0.3, -0.25) is 14.9 Å². The van der Waals surface area contributed by atoms with E-state index >= 15 is 0 Å². The molecule has 19 heavy (non-hydrogen) atoms. The van der Waals surface area contributed by atoms with Gasteiger partial charge in [-0.1, -0.05) is 37.3 Å². The van der Waals surface area contributed by atoms with Gasteiger partial charge in [-0.15, -0.1) is 0 Å². The third-order valence-electron chi connectivity index (χ3n) is 3.71. The number of imide groups is 1. The van der Waals surface area contributed by atoms with Crippen LogP contribution in [0.25, 0.3) is 0 Å². The molecule has 2 rings (SSSR count). The smallest absolute Gasteiger partial charge is 0.234 e. The zero-order valence-corrected chi connectivity index (χ0v) is 11.3. The van der Waals surface area contributed by atoms with E-state index in [1.807, 2.05) is 37.3 Å². The highest BCUT2D eigenvalue weighted by molar-refractivity contribution is 6.01. The van der Waals surface area contributed by atoms with Crippen LogP contribution in [0.2, 0.25) is 0 Å². The second-order valence-electron chi connectivity index (χ2n) is 5.10. The van der Waals surface area contributed by atoms with Crippen LogP contribution in [-0.4, -0.2) is 25.5 Å². The van der Waals surface area contributed by atoms with E-state index in [1.54, 1.807) is 7.11 Å². The Kier molecular flexibility index (Phi) is 4.32. The first-order valence-electron chi connectivity index (χ1n) is 6.51. The third-order valence-corrected chi connectivity index (χ3v) is 3.71. The molecule has 1 aliphatic heterocycles. The monoisotopic (exact) mass is 261 g/mol. The molecule has 1 aromatic rings. The molecule has 1 aliphatic rings. The molecular formula is C15H19NO3. The molecule has 1 N–H and O–H groups in total. The highest BCUT2D eigenvalue weighted by Crippen LogP contribution is 2.35. The third kappa shape index (κ3) is 3.01. The van der Waals surface area contributed by atoms with E-state index in [1.165, 1.54) is 0 Å². The summed E-state index contributed by atoms with van der Waals surface area (Å²) >= 11 is 0. The summed E-state index contributed by atoms with van der Waals surface area (Å²) in [6, 6.07) is 9.62. The number of benzene rings is 1. The molecule has 4 heteroatoms. The first-order chi connectivity index (χ1) is 9.13. The van der Waals surface area contributed by atoms with Gasteiger partial charge in [-0.2, -0.15) is 0 Å². The highest BCUT2D eigenvalue weighted by atomic mass is 16.5. The maximum absolute atomic E-state index is 12.2. The number of ether oxygens (including phenoxy) is 1. The zero-order chi connectivity index (χ0) is 13.8. The Morgan fingerprint density at radius 2 is 2.00 bits per heavy atom. The Hall–Kier alpha value is -1.68. The Morgan fingerprint density at radius 1 is 1.32 bits per heavy atom. The molecule has 0 bridgehead atoms. The van der Waals surface area contributed by atoms with Gasteiger partial charge in [0.05, 0.1) is 5.92 Å². The topological polar surface area (TPSA) is 55.4 Å². The molecule has 4 nitrogen and oxygen atoms in total. The summed E-state index contributed by atoms with van der Waals surface area (Å²) < 4.78 is 5.17. The fourth-order valence-corrected chi connectivity index (χ4v) is 2.77. The number of methoxy groups -OCH3 is 1.